The minimum absolute atomic E-state index is 0. The Hall–Kier alpha value is -2.44. The summed E-state index contributed by atoms with van der Waals surface area (Å²) in [6.07, 6.45) is 2.84. The van der Waals surface area contributed by atoms with Gasteiger partial charge in [0.05, 0.1) is 6.33 Å². The summed E-state index contributed by atoms with van der Waals surface area (Å²) >= 11 is 0. The molecule has 1 amide bonds. The molecule has 1 aromatic heterocycles. The Morgan fingerprint density at radius 1 is 1.36 bits per heavy atom. The molecule has 1 aliphatic heterocycles. The molecular weight excluding hydrogens is 345 g/mol. The van der Waals surface area contributed by atoms with E-state index in [0.29, 0.717) is 42.0 Å². The number of pyridine rings is 1. The number of carbonyl (C=O) groups is 1. The fraction of sp³-hybridized carbons (Fsp3) is 0.222. The van der Waals surface area contributed by atoms with Crippen molar-refractivity contribution in [3.63, 3.8) is 0 Å². The first-order valence-electron chi connectivity index (χ1n) is 7.69. The summed E-state index contributed by atoms with van der Waals surface area (Å²) in [5.74, 6) is 1.17. The number of hydrogen-bond acceptors (Lipinski definition) is 4. The van der Waals surface area contributed by atoms with Crippen molar-refractivity contribution < 1.29 is 13.9 Å². The molecule has 25 heavy (non-hydrogen) atoms. The predicted octanol–water partition coefficient (Wildman–Crippen LogP) is 2.90. The zero-order valence-corrected chi connectivity index (χ0v) is 14.3. The highest BCUT2D eigenvalue weighted by atomic mass is 35.5. The Labute approximate surface area is 151 Å². The van der Waals surface area contributed by atoms with Crippen molar-refractivity contribution in [2.24, 2.45) is 5.73 Å². The number of fused-ring (bicyclic) bond motifs is 1. The van der Waals surface area contributed by atoms with E-state index in [4.69, 9.17) is 10.5 Å². The number of hydrogen-bond donors (Lipinski definition) is 1. The molecule has 2 aromatic rings. The minimum atomic E-state index is -0.0761. The number of amides is 1. The molecule has 0 aliphatic carbocycles. The number of carbonyl (C=O) groups excluding carboxylic acids is 1. The molecular formula is C18H19ClFN3O2. The van der Waals surface area contributed by atoms with Gasteiger partial charge in [-0.25, -0.2) is 9.37 Å². The number of ether oxygens (including phenoxy) is 1. The molecule has 0 radical (unpaired) electrons. The SMILES string of the molecule is Cl.NC/C(=C\F)COc1ccc2c(c1)CCN(c1ccccn1)C2=O. The third kappa shape index (κ3) is 4.15. The quantitative estimate of drug-likeness (QED) is 0.886. The summed E-state index contributed by atoms with van der Waals surface area (Å²) in [6.45, 7) is 0.767. The van der Waals surface area contributed by atoms with Crippen molar-refractivity contribution in [1.29, 1.82) is 0 Å². The van der Waals surface area contributed by atoms with Crippen molar-refractivity contribution in [2.75, 3.05) is 24.6 Å². The van der Waals surface area contributed by atoms with Gasteiger partial charge in [-0.15, -0.1) is 12.4 Å². The van der Waals surface area contributed by atoms with E-state index in [-0.39, 0.29) is 31.5 Å². The Morgan fingerprint density at radius 2 is 2.20 bits per heavy atom. The molecule has 0 saturated carbocycles. The number of aromatic nitrogens is 1. The second kappa shape index (κ2) is 8.60. The van der Waals surface area contributed by atoms with Gasteiger partial charge in [0.1, 0.15) is 18.2 Å². The van der Waals surface area contributed by atoms with Gasteiger partial charge in [0.2, 0.25) is 0 Å². The summed E-state index contributed by atoms with van der Waals surface area (Å²) in [5.41, 5.74) is 7.34. The smallest absolute Gasteiger partial charge is 0.259 e. The minimum Gasteiger partial charge on any atom is -0.489 e. The average molecular weight is 364 g/mol. The summed E-state index contributed by atoms with van der Waals surface area (Å²) in [4.78, 5) is 18.6. The summed E-state index contributed by atoms with van der Waals surface area (Å²) in [5, 5.41) is 0. The first-order valence-corrected chi connectivity index (χ1v) is 7.69. The summed E-state index contributed by atoms with van der Waals surface area (Å²) in [6, 6.07) is 10.8. The summed E-state index contributed by atoms with van der Waals surface area (Å²) < 4.78 is 18.0. The highest BCUT2D eigenvalue weighted by Crippen LogP contribution is 2.26. The van der Waals surface area contributed by atoms with Crippen LogP contribution in [0.3, 0.4) is 0 Å². The van der Waals surface area contributed by atoms with Crippen LogP contribution in [0.2, 0.25) is 0 Å². The van der Waals surface area contributed by atoms with Crippen LogP contribution >= 0.6 is 12.4 Å². The Bertz CT molecular complexity index is 768. The molecule has 5 nitrogen and oxygen atoms in total. The molecule has 1 aliphatic rings. The van der Waals surface area contributed by atoms with Crippen molar-refractivity contribution in [3.8, 4) is 5.75 Å². The van der Waals surface area contributed by atoms with Crippen LogP contribution in [0.1, 0.15) is 15.9 Å². The Kier molecular flexibility index (Phi) is 6.50. The van der Waals surface area contributed by atoms with Gasteiger partial charge in [-0.3, -0.25) is 9.69 Å². The predicted molar refractivity (Wildman–Crippen MR) is 97.0 cm³/mol. The van der Waals surface area contributed by atoms with Gasteiger partial charge in [-0.05, 0) is 42.3 Å². The molecule has 3 rings (SSSR count). The molecule has 0 unspecified atom stereocenters. The van der Waals surface area contributed by atoms with Gasteiger partial charge in [0.25, 0.3) is 5.91 Å². The van der Waals surface area contributed by atoms with Crippen LogP contribution in [0.4, 0.5) is 10.2 Å². The number of benzene rings is 1. The van der Waals surface area contributed by atoms with Crippen LogP contribution in [0.15, 0.2) is 54.5 Å². The summed E-state index contributed by atoms with van der Waals surface area (Å²) in [7, 11) is 0. The molecule has 1 aromatic carbocycles. The lowest BCUT2D eigenvalue weighted by molar-refractivity contribution is 0.0980. The zero-order chi connectivity index (χ0) is 16.9. The molecule has 2 heterocycles. The lowest BCUT2D eigenvalue weighted by atomic mass is 9.98. The molecule has 0 fully saturated rings. The fourth-order valence-corrected chi connectivity index (χ4v) is 2.60. The van der Waals surface area contributed by atoms with E-state index in [0.717, 1.165) is 5.56 Å². The zero-order valence-electron chi connectivity index (χ0n) is 13.5. The number of nitrogens with zero attached hydrogens (tertiary/aromatic N) is 2. The van der Waals surface area contributed by atoms with Crippen LogP contribution in [-0.2, 0) is 6.42 Å². The van der Waals surface area contributed by atoms with Crippen LogP contribution in [0, 0.1) is 0 Å². The molecule has 0 saturated heterocycles. The lowest BCUT2D eigenvalue weighted by Gasteiger charge is -2.28. The average Bonchev–Trinajstić information content (AvgIpc) is 2.63. The van der Waals surface area contributed by atoms with Gasteiger partial charge in [-0.1, -0.05) is 6.07 Å². The largest absolute Gasteiger partial charge is 0.489 e. The lowest BCUT2D eigenvalue weighted by Crippen LogP contribution is -2.38. The number of halogens is 2. The second-order valence-electron chi connectivity index (χ2n) is 5.47. The van der Waals surface area contributed by atoms with Crippen molar-refractivity contribution in [2.45, 2.75) is 6.42 Å². The Morgan fingerprint density at radius 3 is 2.88 bits per heavy atom. The van der Waals surface area contributed by atoms with E-state index in [1.165, 1.54) is 0 Å². The molecule has 132 valence electrons. The number of nitrogens with two attached hydrogens (primary N) is 1. The molecule has 0 atom stereocenters. The maximum atomic E-state index is 12.7. The maximum Gasteiger partial charge on any atom is 0.259 e. The molecule has 7 heteroatoms. The topological polar surface area (TPSA) is 68.5 Å². The highest BCUT2D eigenvalue weighted by Gasteiger charge is 2.26. The highest BCUT2D eigenvalue weighted by molar-refractivity contribution is 6.07. The van der Waals surface area contributed by atoms with Crippen LogP contribution in [0.5, 0.6) is 5.75 Å². The van der Waals surface area contributed by atoms with E-state index in [2.05, 4.69) is 4.98 Å². The van der Waals surface area contributed by atoms with Crippen molar-refractivity contribution in [3.05, 3.63) is 65.6 Å². The van der Waals surface area contributed by atoms with Crippen LogP contribution < -0.4 is 15.4 Å². The molecule has 0 spiro atoms. The van der Waals surface area contributed by atoms with E-state index in [1.54, 1.807) is 23.2 Å². The monoisotopic (exact) mass is 363 g/mol. The van der Waals surface area contributed by atoms with E-state index in [9.17, 15) is 9.18 Å². The number of anilines is 1. The first kappa shape index (κ1) is 18.9. The van der Waals surface area contributed by atoms with Gasteiger partial charge in [0.15, 0.2) is 0 Å². The van der Waals surface area contributed by atoms with Gasteiger partial charge >= 0.3 is 0 Å². The second-order valence-corrected chi connectivity index (χ2v) is 5.47. The van der Waals surface area contributed by atoms with Crippen LogP contribution in [-0.4, -0.2) is 30.6 Å². The van der Waals surface area contributed by atoms with Crippen molar-refractivity contribution >= 4 is 24.1 Å². The first-order chi connectivity index (χ1) is 11.7. The van der Waals surface area contributed by atoms with E-state index >= 15 is 0 Å². The molecule has 2 N–H and O–H groups in total. The van der Waals surface area contributed by atoms with Crippen LogP contribution in [0.25, 0.3) is 0 Å². The van der Waals surface area contributed by atoms with E-state index < -0.39 is 0 Å². The van der Waals surface area contributed by atoms with E-state index in [1.807, 2.05) is 24.3 Å². The standard InChI is InChI=1S/C18H18FN3O2.ClH/c19-10-13(11-20)12-24-15-4-5-16-14(9-15)6-8-22(18(16)23)17-3-1-2-7-21-17;/h1-5,7,9-10H,6,8,11-12,20H2;1H/b13-10+;. The van der Waals surface area contributed by atoms with Gasteiger partial charge in [0, 0.05) is 30.4 Å². The third-order valence-corrected chi connectivity index (χ3v) is 3.92. The normalized spacial score (nSPS) is 13.9. The Balaban J connectivity index is 0.00000225. The molecule has 0 bridgehead atoms. The number of rotatable bonds is 5. The fourth-order valence-electron chi connectivity index (χ4n) is 2.60. The third-order valence-electron chi connectivity index (χ3n) is 3.92. The van der Waals surface area contributed by atoms with Gasteiger partial charge < -0.3 is 10.5 Å². The van der Waals surface area contributed by atoms with Crippen molar-refractivity contribution in [1.82, 2.24) is 4.98 Å². The maximum absolute atomic E-state index is 12.7. The van der Waals surface area contributed by atoms with Gasteiger partial charge in [-0.2, -0.15) is 0 Å².